The molecule has 0 atom stereocenters. The summed E-state index contributed by atoms with van der Waals surface area (Å²) in [7, 11) is 1.58. The fourth-order valence-electron chi connectivity index (χ4n) is 1.56. The molecule has 0 aliphatic heterocycles. The van der Waals surface area contributed by atoms with Gasteiger partial charge in [-0.25, -0.2) is 4.98 Å². The number of H-pyrrole nitrogens is 1. The minimum Gasteiger partial charge on any atom is -0.378 e. The second-order valence-corrected chi connectivity index (χ2v) is 5.83. The van der Waals surface area contributed by atoms with E-state index >= 15 is 0 Å². The third-order valence-corrected chi connectivity index (χ3v) is 3.81. The maximum absolute atomic E-state index is 11.5. The number of ether oxygens (including phenoxy) is 1. The van der Waals surface area contributed by atoms with E-state index in [-0.39, 0.29) is 5.56 Å². The predicted molar refractivity (Wildman–Crippen MR) is 79.3 cm³/mol. The molecule has 100 valence electrons. The van der Waals surface area contributed by atoms with E-state index in [2.05, 4.69) is 25.9 Å². The third kappa shape index (κ3) is 4.49. The summed E-state index contributed by atoms with van der Waals surface area (Å²) in [6.45, 7) is 0.346. The maximum atomic E-state index is 11.5. The van der Waals surface area contributed by atoms with Crippen LogP contribution >= 0.6 is 27.7 Å². The molecule has 0 unspecified atom stereocenters. The highest BCUT2D eigenvalue weighted by atomic mass is 79.9. The number of hydrogen-bond donors (Lipinski definition) is 1. The Morgan fingerprint density at radius 1 is 1.42 bits per heavy atom. The first-order chi connectivity index (χ1) is 9.17. The van der Waals surface area contributed by atoms with Gasteiger partial charge < -0.3 is 9.72 Å². The molecule has 19 heavy (non-hydrogen) atoms. The lowest BCUT2D eigenvalue weighted by Gasteiger charge is -2.04. The Balaban J connectivity index is 2.09. The molecule has 0 bridgehead atoms. The van der Waals surface area contributed by atoms with Crippen LogP contribution in [0.15, 0.2) is 44.5 Å². The summed E-state index contributed by atoms with van der Waals surface area (Å²) in [5.41, 5.74) is 0.503. The Morgan fingerprint density at radius 2 is 2.26 bits per heavy atom. The van der Waals surface area contributed by atoms with Gasteiger partial charge in [0.05, 0.1) is 18.1 Å². The number of aromatic nitrogens is 2. The van der Waals surface area contributed by atoms with Gasteiger partial charge in [-0.3, -0.25) is 4.79 Å². The van der Waals surface area contributed by atoms with E-state index < -0.39 is 0 Å². The minimum atomic E-state index is -0.146. The van der Waals surface area contributed by atoms with Crippen LogP contribution in [-0.2, 0) is 17.1 Å². The number of nitrogens with one attached hydrogen (secondary N) is 1. The molecule has 1 heterocycles. The highest BCUT2D eigenvalue weighted by Crippen LogP contribution is 2.24. The number of hydrogen-bond acceptors (Lipinski definition) is 4. The molecule has 0 saturated heterocycles. The zero-order valence-corrected chi connectivity index (χ0v) is 12.8. The standard InChI is InChI=1S/C13H13BrN2O2S/c1-18-7-10-6-13(17)16-12(15-10)8-19-11-4-2-3-9(14)5-11/h2-6H,7-8H2,1H3,(H,15,16,17). The molecule has 0 saturated carbocycles. The van der Waals surface area contributed by atoms with Crippen molar-refractivity contribution in [2.24, 2.45) is 0 Å². The molecule has 2 rings (SSSR count). The average Bonchev–Trinajstić information content (AvgIpc) is 2.36. The highest BCUT2D eigenvalue weighted by molar-refractivity contribution is 9.10. The van der Waals surface area contributed by atoms with Gasteiger partial charge in [0, 0.05) is 22.5 Å². The second-order valence-electron chi connectivity index (χ2n) is 3.86. The van der Waals surface area contributed by atoms with Crippen molar-refractivity contribution in [2.75, 3.05) is 7.11 Å². The zero-order chi connectivity index (χ0) is 13.7. The molecule has 1 aromatic heterocycles. The van der Waals surface area contributed by atoms with Crippen molar-refractivity contribution >= 4 is 27.7 Å². The van der Waals surface area contributed by atoms with E-state index in [4.69, 9.17) is 4.74 Å². The van der Waals surface area contributed by atoms with Crippen LogP contribution in [0.5, 0.6) is 0 Å². The number of nitrogens with zero attached hydrogens (tertiary/aromatic N) is 1. The predicted octanol–water partition coefficient (Wildman–Crippen LogP) is 2.97. The number of thioether (sulfide) groups is 1. The molecule has 0 spiro atoms. The van der Waals surface area contributed by atoms with Crippen LogP contribution in [0, 0.1) is 0 Å². The lowest BCUT2D eigenvalue weighted by molar-refractivity contribution is 0.181. The Kier molecular flexibility index (Phi) is 5.18. The quantitative estimate of drug-likeness (QED) is 0.850. The Labute approximate surface area is 123 Å². The van der Waals surface area contributed by atoms with Crippen molar-refractivity contribution in [2.45, 2.75) is 17.3 Å². The average molecular weight is 341 g/mol. The van der Waals surface area contributed by atoms with Gasteiger partial charge in [0.15, 0.2) is 0 Å². The number of aromatic amines is 1. The lowest BCUT2D eigenvalue weighted by atomic mass is 10.4. The largest absolute Gasteiger partial charge is 0.378 e. The Bertz CT molecular complexity index is 616. The van der Waals surface area contributed by atoms with Crippen molar-refractivity contribution in [3.63, 3.8) is 0 Å². The van der Waals surface area contributed by atoms with E-state index in [1.807, 2.05) is 24.3 Å². The Hall–Kier alpha value is -1.11. The summed E-state index contributed by atoms with van der Waals surface area (Å²) < 4.78 is 6.02. The molecular formula is C13H13BrN2O2S. The fraction of sp³-hybridized carbons (Fsp3) is 0.231. The van der Waals surface area contributed by atoms with Gasteiger partial charge >= 0.3 is 0 Å². The molecule has 0 fully saturated rings. The van der Waals surface area contributed by atoms with Gasteiger partial charge in [0.1, 0.15) is 5.82 Å². The fourth-order valence-corrected chi connectivity index (χ4v) is 2.94. The van der Waals surface area contributed by atoms with Crippen LogP contribution in [0.1, 0.15) is 11.5 Å². The first kappa shape index (κ1) is 14.3. The number of methoxy groups -OCH3 is 1. The van der Waals surface area contributed by atoms with Crippen molar-refractivity contribution in [3.8, 4) is 0 Å². The summed E-state index contributed by atoms with van der Waals surface area (Å²) >= 11 is 5.05. The first-order valence-corrected chi connectivity index (χ1v) is 7.41. The molecule has 0 radical (unpaired) electrons. The molecule has 2 aromatic rings. The molecule has 0 aliphatic rings. The highest BCUT2D eigenvalue weighted by Gasteiger charge is 2.03. The van der Waals surface area contributed by atoms with E-state index in [9.17, 15) is 4.79 Å². The van der Waals surface area contributed by atoms with Crippen LogP contribution in [0.25, 0.3) is 0 Å². The van der Waals surface area contributed by atoms with E-state index in [0.717, 1.165) is 9.37 Å². The topological polar surface area (TPSA) is 55.0 Å². The van der Waals surface area contributed by atoms with Crippen molar-refractivity contribution in [1.82, 2.24) is 9.97 Å². The lowest BCUT2D eigenvalue weighted by Crippen LogP contribution is -2.12. The maximum Gasteiger partial charge on any atom is 0.251 e. The summed E-state index contributed by atoms with van der Waals surface area (Å²) in [5, 5.41) is 0. The van der Waals surface area contributed by atoms with Crippen LogP contribution in [0.4, 0.5) is 0 Å². The van der Waals surface area contributed by atoms with Crippen molar-refractivity contribution in [1.29, 1.82) is 0 Å². The van der Waals surface area contributed by atoms with E-state index in [0.29, 0.717) is 23.9 Å². The molecule has 0 aliphatic carbocycles. The van der Waals surface area contributed by atoms with E-state index in [1.165, 1.54) is 6.07 Å². The van der Waals surface area contributed by atoms with Crippen LogP contribution < -0.4 is 5.56 Å². The first-order valence-electron chi connectivity index (χ1n) is 5.64. The van der Waals surface area contributed by atoms with E-state index in [1.54, 1.807) is 18.9 Å². The van der Waals surface area contributed by atoms with Crippen LogP contribution in [-0.4, -0.2) is 17.1 Å². The van der Waals surface area contributed by atoms with Gasteiger partial charge in [-0.1, -0.05) is 22.0 Å². The SMILES string of the molecule is COCc1cc(=O)[nH]c(CSc2cccc(Br)c2)n1. The van der Waals surface area contributed by atoms with Crippen molar-refractivity contribution < 1.29 is 4.74 Å². The third-order valence-electron chi connectivity index (χ3n) is 2.31. The van der Waals surface area contributed by atoms with Crippen LogP contribution in [0.3, 0.4) is 0 Å². The number of halogens is 1. The van der Waals surface area contributed by atoms with Gasteiger partial charge in [0.25, 0.3) is 5.56 Å². The molecule has 1 N–H and O–H groups in total. The second kappa shape index (κ2) is 6.88. The molecule has 1 aromatic carbocycles. The molecule has 0 amide bonds. The smallest absolute Gasteiger partial charge is 0.251 e. The summed E-state index contributed by atoms with van der Waals surface area (Å²) in [6, 6.07) is 9.46. The summed E-state index contributed by atoms with van der Waals surface area (Å²) in [4.78, 5) is 19.7. The van der Waals surface area contributed by atoms with Crippen molar-refractivity contribution in [3.05, 3.63) is 56.7 Å². The number of rotatable bonds is 5. The van der Waals surface area contributed by atoms with Gasteiger partial charge in [-0.15, -0.1) is 11.8 Å². The normalized spacial score (nSPS) is 10.6. The van der Waals surface area contributed by atoms with Gasteiger partial charge in [-0.05, 0) is 18.2 Å². The van der Waals surface area contributed by atoms with Gasteiger partial charge in [0.2, 0.25) is 0 Å². The molecule has 4 nitrogen and oxygen atoms in total. The van der Waals surface area contributed by atoms with Gasteiger partial charge in [-0.2, -0.15) is 0 Å². The summed E-state index contributed by atoms with van der Waals surface area (Å²) in [6.07, 6.45) is 0. The molecular weight excluding hydrogens is 328 g/mol. The monoisotopic (exact) mass is 340 g/mol. The zero-order valence-electron chi connectivity index (χ0n) is 10.4. The minimum absolute atomic E-state index is 0.146. The molecule has 6 heteroatoms. The van der Waals surface area contributed by atoms with Crippen LogP contribution in [0.2, 0.25) is 0 Å². The summed E-state index contributed by atoms with van der Waals surface area (Å²) in [5.74, 6) is 1.27. The Morgan fingerprint density at radius 3 is 3.00 bits per heavy atom. The number of benzene rings is 1.